The number of carbonyl (C=O) groups excluding carboxylic acids is 2. The first-order valence-electron chi connectivity index (χ1n) is 36.3. The van der Waals surface area contributed by atoms with Crippen LogP contribution in [0.15, 0.2) is 146 Å². The summed E-state index contributed by atoms with van der Waals surface area (Å²) in [4.78, 5) is 23.8. The van der Waals surface area contributed by atoms with Gasteiger partial charge in [-0.05, 0) is 165 Å². The first kappa shape index (κ1) is 86.9. The van der Waals surface area contributed by atoms with Crippen LogP contribution in [0.1, 0.15) is 201 Å². The first-order valence-corrected chi connectivity index (χ1v) is 36.3. The molecule has 4 unspecified atom stereocenters. The molecule has 8 aromatic rings. The van der Waals surface area contributed by atoms with Crippen LogP contribution in [0.2, 0.25) is 0 Å². The lowest BCUT2D eigenvalue weighted by Gasteiger charge is -2.17. The topological polar surface area (TPSA) is 195 Å². The minimum absolute atomic E-state index is 0.115. The Morgan fingerprint density at radius 2 is 0.695 bits per heavy atom. The summed E-state index contributed by atoms with van der Waals surface area (Å²) < 4.78 is 71.7. The molecule has 4 atom stereocenters. The number of hydrogen-bond acceptors (Lipinski definition) is 17. The SMILES string of the molecule is CCC(C)c1ccc(OC(=O)COc2c(COC)cc(C)cc2COC)cc1.CCC(C)c1ccc(OCCc2cc(COC)c(OC(C)=O)c(COC)c2)cc1.CCC(C)c1ccc(OCOc2c(COC)cc(C)cc2COC)cc1.CCC(C)c1ccc(OCc2cc(C)cc(CO)c2O)cc1. The molecule has 0 aliphatic rings. The second kappa shape index (κ2) is 46.9. The van der Waals surface area contributed by atoms with Gasteiger partial charge in [-0.25, -0.2) is 4.79 Å². The molecule has 17 nitrogen and oxygen atoms in total. The van der Waals surface area contributed by atoms with Crippen molar-refractivity contribution in [2.45, 2.75) is 192 Å². The second-order valence-corrected chi connectivity index (χ2v) is 26.4. The first-order chi connectivity index (χ1) is 50.6. The van der Waals surface area contributed by atoms with E-state index < -0.39 is 5.97 Å². The van der Waals surface area contributed by atoms with E-state index in [1.807, 2.05) is 105 Å². The highest BCUT2D eigenvalue weighted by molar-refractivity contribution is 5.74. The van der Waals surface area contributed by atoms with E-state index in [9.17, 15) is 19.8 Å². The molecule has 0 radical (unpaired) electrons. The van der Waals surface area contributed by atoms with Gasteiger partial charge in [0.15, 0.2) is 6.61 Å². The lowest BCUT2D eigenvalue weighted by atomic mass is 9.99. The van der Waals surface area contributed by atoms with Crippen LogP contribution in [0.25, 0.3) is 0 Å². The van der Waals surface area contributed by atoms with Crippen molar-refractivity contribution >= 4 is 11.9 Å². The highest BCUT2D eigenvalue weighted by Gasteiger charge is 2.19. The van der Waals surface area contributed by atoms with Crippen molar-refractivity contribution in [3.8, 4) is 46.0 Å². The molecule has 8 aromatic carbocycles. The van der Waals surface area contributed by atoms with E-state index in [2.05, 4.69) is 111 Å². The lowest BCUT2D eigenvalue weighted by Crippen LogP contribution is -2.19. The van der Waals surface area contributed by atoms with Gasteiger partial charge in [0.2, 0.25) is 6.79 Å². The van der Waals surface area contributed by atoms with E-state index in [1.165, 1.54) is 29.2 Å². The van der Waals surface area contributed by atoms with Gasteiger partial charge < -0.3 is 71.8 Å². The highest BCUT2D eigenvalue weighted by Crippen LogP contribution is 2.34. The van der Waals surface area contributed by atoms with Crippen LogP contribution in [0.4, 0.5) is 0 Å². The molecular formula is C88H116O17. The maximum atomic E-state index is 12.3. The van der Waals surface area contributed by atoms with Gasteiger partial charge in [-0.1, -0.05) is 151 Å². The second-order valence-electron chi connectivity index (χ2n) is 26.4. The van der Waals surface area contributed by atoms with Crippen LogP contribution in [0, 0.1) is 20.8 Å². The molecule has 0 heterocycles. The Morgan fingerprint density at radius 3 is 1.05 bits per heavy atom. The molecule has 0 saturated carbocycles. The van der Waals surface area contributed by atoms with E-state index in [4.69, 9.17) is 61.6 Å². The van der Waals surface area contributed by atoms with Gasteiger partial charge >= 0.3 is 11.9 Å². The van der Waals surface area contributed by atoms with Gasteiger partial charge in [0.25, 0.3) is 0 Å². The molecule has 17 heteroatoms. The molecule has 0 saturated heterocycles. The molecule has 0 bridgehead atoms. The summed E-state index contributed by atoms with van der Waals surface area (Å²) in [7, 11) is 9.84. The van der Waals surface area contributed by atoms with Crippen molar-refractivity contribution in [2.75, 3.05) is 62.7 Å². The van der Waals surface area contributed by atoms with Crippen molar-refractivity contribution in [3.63, 3.8) is 0 Å². The Balaban J connectivity index is 0.000000253. The third-order valence-corrected chi connectivity index (χ3v) is 18.0. The molecule has 0 amide bonds. The minimum Gasteiger partial charge on any atom is -0.507 e. The van der Waals surface area contributed by atoms with Crippen molar-refractivity contribution in [2.24, 2.45) is 0 Å². The maximum absolute atomic E-state index is 12.3. The molecule has 0 spiro atoms. The number of ether oxygens (including phenoxy) is 13. The molecule has 8 rings (SSSR count). The van der Waals surface area contributed by atoms with Gasteiger partial charge in [-0.15, -0.1) is 0 Å². The van der Waals surface area contributed by atoms with Gasteiger partial charge in [-0.2, -0.15) is 0 Å². The van der Waals surface area contributed by atoms with Gasteiger partial charge in [0.1, 0.15) is 52.6 Å². The van der Waals surface area contributed by atoms with Crippen LogP contribution >= 0.6 is 0 Å². The number of carbonyl (C=O) groups is 2. The quantitative estimate of drug-likeness (QED) is 0.0212. The summed E-state index contributed by atoms with van der Waals surface area (Å²) in [5, 5.41) is 19.4. The summed E-state index contributed by atoms with van der Waals surface area (Å²) in [5.74, 6) is 6.28. The molecule has 0 aliphatic heterocycles. The van der Waals surface area contributed by atoms with Crippen molar-refractivity contribution < 1.29 is 81.4 Å². The molecule has 0 aliphatic carbocycles. The number of rotatable bonds is 37. The zero-order valence-electron chi connectivity index (χ0n) is 65.5. The van der Waals surface area contributed by atoms with E-state index in [-0.39, 0.29) is 38.3 Å². The standard InChI is InChI=1S/C24H32O5.C23H30O5.C22H30O4.C19H24O3/c1-6-17(2)20-7-9-23(10-8-20)28-12-11-19-13-21(15-26-4)24(29-18(3)25)22(14-19)16-27-5;1-6-17(3)18-7-9-21(10-8-18)28-22(24)15-27-23-19(13-25-4)11-16(2)12-20(23)14-26-5;1-6-17(3)18-7-9-21(10-8-18)25-15-26-22-19(13-23-4)11-16(2)12-20(22)14-24-5;1-4-14(3)15-5-7-18(8-6-15)22-12-17-10-13(2)9-16(11-20)19(17)21/h7-10,13-14,17H,6,11-12,15-16H2,1-5H3;7-12,17H,6,13-15H2,1-5H3;7-12,17H,6,13-15H2,1-5H3;5-10,14,20-21H,4,11-12H2,1-3H3. The van der Waals surface area contributed by atoms with Gasteiger partial charge in [0.05, 0.1) is 52.9 Å². The van der Waals surface area contributed by atoms with Gasteiger partial charge in [0, 0.05) is 101 Å². The fourth-order valence-electron chi connectivity index (χ4n) is 11.6. The van der Waals surface area contributed by atoms with Crippen molar-refractivity contribution in [3.05, 3.63) is 235 Å². The lowest BCUT2D eigenvalue weighted by molar-refractivity contribution is -0.136. The highest BCUT2D eigenvalue weighted by atomic mass is 16.7. The molecular weight excluding hydrogens is 1330 g/mol. The van der Waals surface area contributed by atoms with E-state index in [0.717, 1.165) is 111 Å². The molecule has 0 aromatic heterocycles. The van der Waals surface area contributed by atoms with Gasteiger partial charge in [-0.3, -0.25) is 4.79 Å². The van der Waals surface area contributed by atoms with Crippen molar-refractivity contribution in [1.29, 1.82) is 0 Å². The average molecular weight is 1450 g/mol. The summed E-state index contributed by atoms with van der Waals surface area (Å²) in [6, 6.07) is 48.0. The number of aliphatic hydroxyl groups is 1. The monoisotopic (exact) mass is 1440 g/mol. The Hall–Kier alpha value is -8.78. The zero-order valence-corrected chi connectivity index (χ0v) is 65.5. The largest absolute Gasteiger partial charge is 0.507 e. The number of benzene rings is 8. The normalized spacial score (nSPS) is 12.0. The summed E-state index contributed by atoms with van der Waals surface area (Å²) >= 11 is 0. The molecule has 105 heavy (non-hydrogen) atoms. The van der Waals surface area contributed by atoms with E-state index in [1.54, 1.807) is 48.7 Å². The third kappa shape index (κ3) is 28.9. The van der Waals surface area contributed by atoms with Crippen LogP contribution in [0.3, 0.4) is 0 Å². The molecule has 2 N–H and O–H groups in total. The fraction of sp³-hybridized carbons (Fsp3) is 0.432. The van der Waals surface area contributed by atoms with E-state index >= 15 is 0 Å². The van der Waals surface area contributed by atoms with E-state index in [0.29, 0.717) is 98.3 Å². The minimum atomic E-state index is -0.455. The third-order valence-electron chi connectivity index (χ3n) is 18.0. The number of hydrogen-bond donors (Lipinski definition) is 2. The fourth-order valence-corrected chi connectivity index (χ4v) is 11.6. The van der Waals surface area contributed by atoms with Crippen molar-refractivity contribution in [1.82, 2.24) is 0 Å². The average Bonchev–Trinajstić information content (AvgIpc) is 0.884. The molecule has 570 valence electrons. The predicted molar refractivity (Wildman–Crippen MR) is 415 cm³/mol. The van der Waals surface area contributed by atoms with Crippen LogP contribution < -0.4 is 33.2 Å². The number of aryl methyl sites for hydroxylation is 3. The Morgan fingerprint density at radius 1 is 0.371 bits per heavy atom. The summed E-state index contributed by atoms with van der Waals surface area (Å²) in [5.41, 5.74) is 16.1. The number of methoxy groups -OCH3 is 6. The molecule has 0 fully saturated rings. The van der Waals surface area contributed by atoms with Crippen LogP contribution in [-0.2, 0) is 97.3 Å². The van der Waals surface area contributed by atoms with Crippen LogP contribution in [-0.4, -0.2) is 84.8 Å². The number of phenols is 1. The Labute approximate surface area is 625 Å². The predicted octanol–water partition coefficient (Wildman–Crippen LogP) is 19.3. The van der Waals surface area contributed by atoms with Crippen LogP contribution in [0.5, 0.6) is 46.0 Å². The number of aromatic hydroxyl groups is 1. The number of aliphatic hydroxyl groups excluding tert-OH is 1. The smallest absolute Gasteiger partial charge is 0.349 e. The number of esters is 2. The summed E-state index contributed by atoms with van der Waals surface area (Å²) in [6.45, 7) is 28.0. The Bertz CT molecular complexity index is 3770. The Kier molecular flexibility index (Phi) is 38.8. The zero-order chi connectivity index (χ0) is 76.8. The maximum Gasteiger partial charge on any atom is 0.349 e. The summed E-state index contributed by atoms with van der Waals surface area (Å²) in [6.07, 6.45) is 5.15.